The van der Waals surface area contributed by atoms with Crippen molar-refractivity contribution in [2.24, 2.45) is 0 Å². The van der Waals surface area contributed by atoms with Crippen LogP contribution in [0.25, 0.3) is 0 Å². The number of amides is 1. The summed E-state index contributed by atoms with van der Waals surface area (Å²) in [5.41, 5.74) is 1.92. The highest BCUT2D eigenvalue weighted by Crippen LogP contribution is 2.20. The molecule has 2 atom stereocenters. The first-order valence-corrected chi connectivity index (χ1v) is 6.72. The zero-order valence-corrected chi connectivity index (χ0v) is 12.1. The molecule has 0 saturated carbocycles. The van der Waals surface area contributed by atoms with Gasteiger partial charge in [0.25, 0.3) is 0 Å². The Morgan fingerprint density at radius 1 is 1.56 bits per heavy atom. The molecule has 1 heterocycles. The minimum absolute atomic E-state index is 0.00345. The second kappa shape index (κ2) is 5.82. The molecule has 5 heteroatoms. The fraction of sp³-hybridized carbons (Fsp3) is 0.462. The van der Waals surface area contributed by atoms with Gasteiger partial charge in [-0.1, -0.05) is 15.9 Å². The maximum absolute atomic E-state index is 12.0. The van der Waals surface area contributed by atoms with Gasteiger partial charge < -0.3 is 15.4 Å². The molecule has 2 N–H and O–H groups in total. The van der Waals surface area contributed by atoms with Crippen molar-refractivity contribution in [3.63, 3.8) is 0 Å². The van der Waals surface area contributed by atoms with E-state index < -0.39 is 0 Å². The van der Waals surface area contributed by atoms with Gasteiger partial charge in [0, 0.05) is 23.8 Å². The van der Waals surface area contributed by atoms with Crippen molar-refractivity contribution in [1.29, 1.82) is 0 Å². The molecule has 1 saturated heterocycles. The Bertz CT molecular complexity index is 451. The number of hydrogen-bond donors (Lipinski definition) is 2. The monoisotopic (exact) mass is 312 g/mol. The van der Waals surface area contributed by atoms with Gasteiger partial charge >= 0.3 is 0 Å². The standard InChI is InChI=1S/C13H17BrN2O2/c1-8-5-9(3-4-11(8)14)16-13(17)12-6-10(18-2)7-15-12/h3-5,10,12,15H,6-7H2,1-2H3,(H,16,17). The van der Waals surface area contributed by atoms with Gasteiger partial charge in [-0.3, -0.25) is 4.79 Å². The molecule has 1 amide bonds. The lowest BCUT2D eigenvalue weighted by Gasteiger charge is -2.12. The molecule has 1 aromatic rings. The van der Waals surface area contributed by atoms with E-state index >= 15 is 0 Å². The van der Waals surface area contributed by atoms with Crippen LogP contribution in [0.1, 0.15) is 12.0 Å². The zero-order chi connectivity index (χ0) is 13.1. The molecule has 0 bridgehead atoms. The summed E-state index contributed by atoms with van der Waals surface area (Å²) in [7, 11) is 1.67. The highest BCUT2D eigenvalue weighted by Gasteiger charge is 2.29. The fourth-order valence-electron chi connectivity index (χ4n) is 2.03. The van der Waals surface area contributed by atoms with Crippen LogP contribution in [0.4, 0.5) is 5.69 Å². The molecule has 0 aromatic heterocycles. The number of methoxy groups -OCH3 is 1. The fourth-order valence-corrected chi connectivity index (χ4v) is 2.28. The highest BCUT2D eigenvalue weighted by atomic mass is 79.9. The van der Waals surface area contributed by atoms with Crippen LogP contribution in [0.3, 0.4) is 0 Å². The van der Waals surface area contributed by atoms with E-state index in [1.54, 1.807) is 7.11 Å². The molecule has 1 fully saturated rings. The van der Waals surface area contributed by atoms with Crippen LogP contribution in [0.2, 0.25) is 0 Å². The molecule has 1 aliphatic rings. The normalized spacial score (nSPS) is 23.1. The number of rotatable bonds is 3. The average Bonchev–Trinajstić information content (AvgIpc) is 2.82. The summed E-state index contributed by atoms with van der Waals surface area (Å²) in [5.74, 6) is -0.00345. The quantitative estimate of drug-likeness (QED) is 0.898. The van der Waals surface area contributed by atoms with Gasteiger partial charge in [0.1, 0.15) is 0 Å². The third-order valence-corrected chi connectivity index (χ3v) is 4.06. The van der Waals surface area contributed by atoms with E-state index in [4.69, 9.17) is 4.74 Å². The van der Waals surface area contributed by atoms with Crippen LogP contribution in [0.15, 0.2) is 22.7 Å². The molecular weight excluding hydrogens is 296 g/mol. The smallest absolute Gasteiger partial charge is 0.241 e. The van der Waals surface area contributed by atoms with E-state index in [2.05, 4.69) is 26.6 Å². The number of carbonyl (C=O) groups excluding carboxylic acids is 1. The van der Waals surface area contributed by atoms with Gasteiger partial charge in [-0.25, -0.2) is 0 Å². The van der Waals surface area contributed by atoms with Gasteiger partial charge in [-0.05, 0) is 37.1 Å². The number of anilines is 1. The third-order valence-electron chi connectivity index (χ3n) is 3.17. The van der Waals surface area contributed by atoms with Crippen molar-refractivity contribution in [1.82, 2.24) is 5.32 Å². The SMILES string of the molecule is COC1CNC(C(=O)Nc2ccc(Br)c(C)c2)C1. The van der Waals surface area contributed by atoms with Crippen LogP contribution in [0.5, 0.6) is 0 Å². The van der Waals surface area contributed by atoms with E-state index in [1.807, 2.05) is 25.1 Å². The molecule has 1 aliphatic heterocycles. The largest absolute Gasteiger partial charge is 0.380 e. The molecule has 2 unspecified atom stereocenters. The summed E-state index contributed by atoms with van der Waals surface area (Å²) < 4.78 is 6.27. The number of carbonyl (C=O) groups is 1. The van der Waals surface area contributed by atoms with E-state index in [0.717, 1.165) is 28.7 Å². The number of ether oxygens (including phenoxy) is 1. The summed E-state index contributed by atoms with van der Waals surface area (Å²) in [6.07, 6.45) is 0.852. The molecule has 0 aliphatic carbocycles. The van der Waals surface area contributed by atoms with Crippen molar-refractivity contribution in [2.75, 3.05) is 19.0 Å². The molecule has 0 spiro atoms. The van der Waals surface area contributed by atoms with Crippen LogP contribution >= 0.6 is 15.9 Å². The van der Waals surface area contributed by atoms with E-state index in [0.29, 0.717) is 0 Å². The second-order valence-corrected chi connectivity index (χ2v) is 5.36. The van der Waals surface area contributed by atoms with Crippen molar-refractivity contribution in [3.05, 3.63) is 28.2 Å². The van der Waals surface area contributed by atoms with Gasteiger partial charge in [-0.15, -0.1) is 0 Å². The maximum atomic E-state index is 12.0. The van der Waals surface area contributed by atoms with Gasteiger partial charge in [0.15, 0.2) is 0 Å². The lowest BCUT2D eigenvalue weighted by atomic mass is 10.1. The van der Waals surface area contributed by atoms with Crippen molar-refractivity contribution in [3.8, 4) is 0 Å². The first-order chi connectivity index (χ1) is 8.60. The van der Waals surface area contributed by atoms with Crippen molar-refractivity contribution in [2.45, 2.75) is 25.5 Å². The topological polar surface area (TPSA) is 50.4 Å². The Morgan fingerprint density at radius 2 is 2.33 bits per heavy atom. The summed E-state index contributed by atoms with van der Waals surface area (Å²) in [4.78, 5) is 12.0. The minimum Gasteiger partial charge on any atom is -0.380 e. The van der Waals surface area contributed by atoms with E-state index in [1.165, 1.54) is 0 Å². The number of hydrogen-bond acceptors (Lipinski definition) is 3. The highest BCUT2D eigenvalue weighted by molar-refractivity contribution is 9.10. The first-order valence-electron chi connectivity index (χ1n) is 5.93. The van der Waals surface area contributed by atoms with Gasteiger partial charge in [-0.2, -0.15) is 0 Å². The Kier molecular flexibility index (Phi) is 4.37. The Balaban J connectivity index is 1.97. The minimum atomic E-state index is -0.168. The maximum Gasteiger partial charge on any atom is 0.241 e. The van der Waals surface area contributed by atoms with Crippen LogP contribution in [-0.2, 0) is 9.53 Å². The van der Waals surface area contributed by atoms with Crippen LogP contribution in [0, 0.1) is 6.92 Å². The molecular formula is C13H17BrN2O2. The van der Waals surface area contributed by atoms with Crippen molar-refractivity contribution < 1.29 is 9.53 Å². The number of halogens is 1. The summed E-state index contributed by atoms with van der Waals surface area (Å²) in [5, 5.41) is 6.08. The molecule has 1 aromatic carbocycles. The summed E-state index contributed by atoms with van der Waals surface area (Å²) >= 11 is 3.44. The Hall–Kier alpha value is -0.910. The first kappa shape index (κ1) is 13.5. The third kappa shape index (κ3) is 3.10. The van der Waals surface area contributed by atoms with Crippen LogP contribution in [-0.4, -0.2) is 31.7 Å². The number of aryl methyl sites for hydroxylation is 1. The Morgan fingerprint density at radius 3 is 2.94 bits per heavy atom. The summed E-state index contributed by atoms with van der Waals surface area (Å²) in [6, 6.07) is 5.60. The average molecular weight is 313 g/mol. The van der Waals surface area contributed by atoms with Crippen LogP contribution < -0.4 is 10.6 Å². The molecule has 18 heavy (non-hydrogen) atoms. The number of nitrogens with one attached hydrogen (secondary N) is 2. The molecule has 98 valence electrons. The Labute approximate surface area is 115 Å². The van der Waals surface area contributed by atoms with Crippen molar-refractivity contribution >= 4 is 27.5 Å². The number of benzene rings is 1. The predicted molar refractivity (Wildman–Crippen MR) is 74.7 cm³/mol. The molecule has 0 radical (unpaired) electrons. The molecule has 4 nitrogen and oxygen atoms in total. The van der Waals surface area contributed by atoms with E-state index in [-0.39, 0.29) is 18.1 Å². The summed E-state index contributed by atoms with van der Waals surface area (Å²) in [6.45, 7) is 2.72. The predicted octanol–water partition coefficient (Wildman–Crippen LogP) is 2.07. The van der Waals surface area contributed by atoms with E-state index in [9.17, 15) is 4.79 Å². The second-order valence-electron chi connectivity index (χ2n) is 4.51. The lowest BCUT2D eigenvalue weighted by Crippen LogP contribution is -2.35. The zero-order valence-electron chi connectivity index (χ0n) is 10.5. The van der Waals surface area contributed by atoms with Gasteiger partial charge in [0.2, 0.25) is 5.91 Å². The van der Waals surface area contributed by atoms with Gasteiger partial charge in [0.05, 0.1) is 12.1 Å². The molecule has 2 rings (SSSR count). The lowest BCUT2D eigenvalue weighted by molar-refractivity contribution is -0.118.